The highest BCUT2D eigenvalue weighted by Gasteiger charge is 2.29. The minimum Gasteiger partial charge on any atom is -0.396 e. The normalized spacial score (nSPS) is 12.4. The molecule has 0 fully saturated rings. The summed E-state index contributed by atoms with van der Waals surface area (Å²) in [4.78, 5) is 10.1. The van der Waals surface area contributed by atoms with Gasteiger partial charge in [-0.05, 0) is 33.3 Å². The van der Waals surface area contributed by atoms with Crippen LogP contribution in [0.2, 0.25) is 0 Å². The Bertz CT molecular complexity index is 610. The molecule has 0 bridgehead atoms. The number of nitrogens with one attached hydrogen (secondary N) is 1. The van der Waals surface area contributed by atoms with Gasteiger partial charge in [-0.15, -0.1) is 0 Å². The molecule has 112 valence electrons. The Kier molecular flexibility index (Phi) is 4.85. The molecular formula is C12H18N2O5S. The molecule has 7 nitrogen and oxygen atoms in total. The fourth-order valence-corrected chi connectivity index (χ4v) is 3.55. The lowest BCUT2D eigenvalue weighted by Crippen LogP contribution is -2.44. The minimum atomic E-state index is -3.89. The van der Waals surface area contributed by atoms with E-state index in [4.69, 9.17) is 5.11 Å². The van der Waals surface area contributed by atoms with E-state index in [9.17, 15) is 18.5 Å². The lowest BCUT2D eigenvalue weighted by Gasteiger charge is -2.25. The number of nitro benzene ring substituents is 1. The number of benzene rings is 1. The van der Waals surface area contributed by atoms with Crippen LogP contribution in [0, 0.1) is 17.0 Å². The third-order valence-corrected chi connectivity index (χ3v) is 4.73. The molecule has 0 heterocycles. The standard InChI is InChI=1S/C12H18N2O5S/c1-9-10(14(16)17)5-4-6-11(9)20(18,19)13-12(2,3)7-8-15/h4-6,13,15H,7-8H2,1-3H3. The maximum Gasteiger partial charge on any atom is 0.273 e. The molecular weight excluding hydrogens is 284 g/mol. The Morgan fingerprint density at radius 3 is 2.50 bits per heavy atom. The number of nitro groups is 1. The van der Waals surface area contributed by atoms with E-state index in [-0.39, 0.29) is 29.2 Å². The number of aliphatic hydroxyl groups excluding tert-OH is 1. The molecule has 8 heteroatoms. The van der Waals surface area contributed by atoms with E-state index in [1.54, 1.807) is 13.8 Å². The molecule has 0 aromatic heterocycles. The summed E-state index contributed by atoms with van der Waals surface area (Å²) in [6.07, 6.45) is 0.236. The van der Waals surface area contributed by atoms with Crippen LogP contribution in [0.5, 0.6) is 0 Å². The molecule has 0 aliphatic rings. The van der Waals surface area contributed by atoms with Crippen molar-refractivity contribution in [2.75, 3.05) is 6.61 Å². The highest BCUT2D eigenvalue weighted by molar-refractivity contribution is 7.89. The Hall–Kier alpha value is -1.51. The summed E-state index contributed by atoms with van der Waals surface area (Å²) in [5.41, 5.74) is -0.998. The zero-order valence-electron chi connectivity index (χ0n) is 11.6. The molecule has 0 atom stereocenters. The first-order chi connectivity index (χ1) is 9.10. The van der Waals surface area contributed by atoms with Gasteiger partial charge >= 0.3 is 0 Å². The quantitative estimate of drug-likeness (QED) is 0.608. The van der Waals surface area contributed by atoms with Gasteiger partial charge in [0.2, 0.25) is 10.0 Å². The van der Waals surface area contributed by atoms with Gasteiger partial charge in [-0.3, -0.25) is 10.1 Å². The number of hydrogen-bond acceptors (Lipinski definition) is 5. The topological polar surface area (TPSA) is 110 Å². The Labute approximate surface area is 117 Å². The van der Waals surface area contributed by atoms with E-state index < -0.39 is 20.5 Å². The molecule has 0 saturated carbocycles. The fourth-order valence-electron chi connectivity index (χ4n) is 1.84. The van der Waals surface area contributed by atoms with Gasteiger partial charge in [-0.1, -0.05) is 6.07 Å². The van der Waals surface area contributed by atoms with Gasteiger partial charge in [0.1, 0.15) is 0 Å². The van der Waals surface area contributed by atoms with Gasteiger partial charge in [0.15, 0.2) is 0 Å². The van der Waals surface area contributed by atoms with Crippen molar-refractivity contribution < 1.29 is 18.4 Å². The Morgan fingerprint density at radius 2 is 2.00 bits per heavy atom. The smallest absolute Gasteiger partial charge is 0.273 e. The van der Waals surface area contributed by atoms with Crippen molar-refractivity contribution in [2.45, 2.75) is 37.6 Å². The van der Waals surface area contributed by atoms with Crippen LogP contribution in [-0.4, -0.2) is 30.6 Å². The van der Waals surface area contributed by atoms with Crippen molar-refractivity contribution in [1.29, 1.82) is 0 Å². The van der Waals surface area contributed by atoms with E-state index in [1.165, 1.54) is 25.1 Å². The number of aliphatic hydroxyl groups is 1. The van der Waals surface area contributed by atoms with E-state index in [1.807, 2.05) is 0 Å². The lowest BCUT2D eigenvalue weighted by atomic mass is 10.0. The molecule has 0 aliphatic carbocycles. The summed E-state index contributed by atoms with van der Waals surface area (Å²) in [7, 11) is -3.89. The van der Waals surface area contributed by atoms with Crippen molar-refractivity contribution in [3.63, 3.8) is 0 Å². The molecule has 0 radical (unpaired) electrons. The van der Waals surface area contributed by atoms with E-state index >= 15 is 0 Å². The summed E-state index contributed by atoms with van der Waals surface area (Å²) in [6.45, 7) is 4.50. The number of hydrogen-bond donors (Lipinski definition) is 2. The SMILES string of the molecule is Cc1c([N+](=O)[O-])cccc1S(=O)(=O)NC(C)(C)CCO. The second-order valence-electron chi connectivity index (χ2n) is 5.12. The van der Waals surface area contributed by atoms with E-state index in [2.05, 4.69) is 4.72 Å². The van der Waals surface area contributed by atoms with Gasteiger partial charge in [0.05, 0.1) is 9.82 Å². The molecule has 20 heavy (non-hydrogen) atoms. The first kappa shape index (κ1) is 16.5. The van der Waals surface area contributed by atoms with Crippen LogP contribution in [0.3, 0.4) is 0 Å². The van der Waals surface area contributed by atoms with Gasteiger partial charge in [-0.25, -0.2) is 13.1 Å². The van der Waals surface area contributed by atoms with Crippen LogP contribution in [0.1, 0.15) is 25.8 Å². The Morgan fingerprint density at radius 1 is 1.40 bits per heavy atom. The molecule has 0 amide bonds. The summed E-state index contributed by atoms with van der Waals surface area (Å²) in [5.74, 6) is 0. The molecule has 2 N–H and O–H groups in total. The predicted molar refractivity (Wildman–Crippen MR) is 73.9 cm³/mol. The highest BCUT2D eigenvalue weighted by atomic mass is 32.2. The minimum absolute atomic E-state index is 0.0878. The summed E-state index contributed by atoms with van der Waals surface area (Å²) >= 11 is 0. The van der Waals surface area contributed by atoms with Crippen LogP contribution in [0.4, 0.5) is 5.69 Å². The maximum atomic E-state index is 12.3. The highest BCUT2D eigenvalue weighted by Crippen LogP contribution is 2.25. The van der Waals surface area contributed by atoms with Crippen molar-refractivity contribution in [1.82, 2.24) is 4.72 Å². The summed E-state index contributed by atoms with van der Waals surface area (Å²) in [5, 5.41) is 19.8. The average Bonchev–Trinajstić information content (AvgIpc) is 2.26. The largest absolute Gasteiger partial charge is 0.396 e. The van der Waals surface area contributed by atoms with E-state index in [0.29, 0.717) is 0 Å². The summed E-state index contributed by atoms with van der Waals surface area (Å²) < 4.78 is 27.1. The molecule has 0 saturated heterocycles. The van der Waals surface area contributed by atoms with Gasteiger partial charge in [0.25, 0.3) is 5.69 Å². The van der Waals surface area contributed by atoms with Crippen molar-refractivity contribution in [3.8, 4) is 0 Å². The lowest BCUT2D eigenvalue weighted by molar-refractivity contribution is -0.385. The fraction of sp³-hybridized carbons (Fsp3) is 0.500. The van der Waals surface area contributed by atoms with Crippen LogP contribution in [0.25, 0.3) is 0 Å². The maximum absolute atomic E-state index is 12.3. The second-order valence-corrected chi connectivity index (χ2v) is 6.77. The zero-order valence-corrected chi connectivity index (χ0v) is 12.4. The third-order valence-electron chi connectivity index (χ3n) is 2.89. The predicted octanol–water partition coefficient (Wildman–Crippen LogP) is 1.34. The second kappa shape index (κ2) is 5.86. The average molecular weight is 302 g/mol. The monoisotopic (exact) mass is 302 g/mol. The van der Waals surface area contributed by atoms with Gasteiger partial charge < -0.3 is 5.11 Å². The van der Waals surface area contributed by atoms with Crippen molar-refractivity contribution in [3.05, 3.63) is 33.9 Å². The van der Waals surface area contributed by atoms with Crippen molar-refractivity contribution >= 4 is 15.7 Å². The third kappa shape index (κ3) is 3.75. The molecule has 1 aromatic carbocycles. The zero-order chi connectivity index (χ0) is 15.6. The molecule has 1 aromatic rings. The van der Waals surface area contributed by atoms with E-state index in [0.717, 1.165) is 0 Å². The Balaban J connectivity index is 3.24. The summed E-state index contributed by atoms with van der Waals surface area (Å²) in [6, 6.07) is 3.91. The molecule has 0 aliphatic heterocycles. The van der Waals surface area contributed by atoms with Crippen LogP contribution >= 0.6 is 0 Å². The first-order valence-electron chi connectivity index (χ1n) is 5.99. The van der Waals surface area contributed by atoms with Gasteiger partial charge in [-0.2, -0.15) is 0 Å². The molecule has 0 spiro atoms. The first-order valence-corrected chi connectivity index (χ1v) is 7.48. The molecule has 1 rings (SSSR count). The van der Waals surface area contributed by atoms with Gasteiger partial charge in [0, 0.05) is 23.8 Å². The van der Waals surface area contributed by atoms with Crippen LogP contribution in [-0.2, 0) is 10.0 Å². The number of sulfonamides is 1. The van der Waals surface area contributed by atoms with Crippen LogP contribution in [0.15, 0.2) is 23.1 Å². The number of nitrogens with zero attached hydrogens (tertiary/aromatic N) is 1. The molecule has 0 unspecified atom stereocenters. The number of rotatable bonds is 6. The van der Waals surface area contributed by atoms with Crippen LogP contribution < -0.4 is 4.72 Å². The van der Waals surface area contributed by atoms with Crippen molar-refractivity contribution in [2.24, 2.45) is 0 Å².